The highest BCUT2D eigenvalue weighted by Gasteiger charge is 2.07. The molecule has 2 nitrogen and oxygen atoms in total. The molecule has 2 aromatic carbocycles. The number of carbonyl (C=O) groups is 1. The van der Waals surface area contributed by atoms with Crippen LogP contribution in [0.3, 0.4) is 0 Å². The van der Waals surface area contributed by atoms with Gasteiger partial charge in [-0.05, 0) is 48.9 Å². The highest BCUT2D eigenvalue weighted by atomic mass is 79.9. The van der Waals surface area contributed by atoms with E-state index in [1.54, 1.807) is 12.1 Å². The molecule has 5 heteroatoms. The maximum absolute atomic E-state index is 12.8. The van der Waals surface area contributed by atoms with Gasteiger partial charge in [0.1, 0.15) is 11.6 Å². The smallest absolute Gasteiger partial charge is 0.163 e. The number of carbonyl (C=O) groups excluding carboxylic acids is 1. The van der Waals surface area contributed by atoms with Gasteiger partial charge in [-0.2, -0.15) is 0 Å². The van der Waals surface area contributed by atoms with E-state index in [-0.39, 0.29) is 11.6 Å². The molecule has 0 unspecified atom stereocenters. The lowest BCUT2D eigenvalue weighted by atomic mass is 10.1. The number of benzene rings is 2. The van der Waals surface area contributed by atoms with Gasteiger partial charge in [0.05, 0.1) is 11.6 Å². The minimum absolute atomic E-state index is 0.0273. The third kappa shape index (κ3) is 4.83. The molecule has 0 saturated carbocycles. The van der Waals surface area contributed by atoms with Gasteiger partial charge in [-0.25, -0.2) is 4.39 Å². The maximum atomic E-state index is 12.8. The molecule has 0 atom stereocenters. The van der Waals surface area contributed by atoms with Crippen LogP contribution in [-0.2, 0) is 0 Å². The van der Waals surface area contributed by atoms with Crippen LogP contribution in [0.25, 0.3) is 0 Å². The van der Waals surface area contributed by atoms with Crippen molar-refractivity contribution in [2.75, 3.05) is 6.61 Å². The average Bonchev–Trinajstić information content (AvgIpc) is 2.46. The molecule has 21 heavy (non-hydrogen) atoms. The molecule has 2 rings (SSSR count). The second-order valence-corrected chi connectivity index (χ2v) is 5.78. The fourth-order valence-corrected chi connectivity index (χ4v) is 2.52. The Balaban J connectivity index is 1.79. The Morgan fingerprint density at radius 3 is 2.57 bits per heavy atom. The Labute approximate surface area is 136 Å². The number of rotatable bonds is 6. The van der Waals surface area contributed by atoms with Gasteiger partial charge in [-0.1, -0.05) is 27.5 Å². The van der Waals surface area contributed by atoms with Crippen molar-refractivity contribution in [3.8, 4) is 5.75 Å². The second kappa shape index (κ2) is 7.57. The molecular formula is C16H13BrClFO2. The van der Waals surface area contributed by atoms with Gasteiger partial charge in [0.15, 0.2) is 5.78 Å². The summed E-state index contributed by atoms with van der Waals surface area (Å²) >= 11 is 9.34. The predicted octanol–water partition coefficient (Wildman–Crippen LogP) is 5.28. The molecule has 110 valence electrons. The van der Waals surface area contributed by atoms with E-state index in [2.05, 4.69) is 15.9 Å². The Morgan fingerprint density at radius 2 is 1.90 bits per heavy atom. The molecule has 0 saturated heterocycles. The summed E-state index contributed by atoms with van der Waals surface area (Å²) in [7, 11) is 0. The minimum atomic E-state index is -0.347. The van der Waals surface area contributed by atoms with Crippen LogP contribution in [0.5, 0.6) is 5.75 Å². The van der Waals surface area contributed by atoms with Gasteiger partial charge in [-0.15, -0.1) is 0 Å². The van der Waals surface area contributed by atoms with Gasteiger partial charge >= 0.3 is 0 Å². The molecule has 0 radical (unpaired) electrons. The number of hydrogen-bond donors (Lipinski definition) is 0. The number of halogens is 3. The van der Waals surface area contributed by atoms with Crippen molar-refractivity contribution in [1.29, 1.82) is 0 Å². The van der Waals surface area contributed by atoms with Crippen molar-refractivity contribution in [2.45, 2.75) is 12.8 Å². The highest BCUT2D eigenvalue weighted by molar-refractivity contribution is 9.10. The standard InChI is InChI=1S/C16H13BrClFO2/c17-12-5-8-16(14(18)10-12)21-9-1-2-15(20)11-3-6-13(19)7-4-11/h3-8,10H,1-2,9H2. The summed E-state index contributed by atoms with van der Waals surface area (Å²) in [4.78, 5) is 11.9. The molecule has 0 aromatic heterocycles. The fourth-order valence-electron chi connectivity index (χ4n) is 1.79. The molecule has 2 aromatic rings. The molecule has 0 aliphatic heterocycles. The van der Waals surface area contributed by atoms with Crippen LogP contribution in [-0.4, -0.2) is 12.4 Å². The summed E-state index contributed by atoms with van der Waals surface area (Å²) < 4.78 is 19.2. The first-order chi connectivity index (χ1) is 10.1. The fraction of sp³-hybridized carbons (Fsp3) is 0.188. The SMILES string of the molecule is O=C(CCCOc1ccc(Br)cc1Cl)c1ccc(F)cc1. The quantitative estimate of drug-likeness (QED) is 0.510. The molecule has 0 aliphatic carbocycles. The van der Waals surface area contributed by atoms with E-state index in [0.717, 1.165) is 4.47 Å². The lowest BCUT2D eigenvalue weighted by molar-refractivity contribution is 0.0973. The summed E-state index contributed by atoms with van der Waals surface area (Å²) in [6.45, 7) is 0.397. The maximum Gasteiger partial charge on any atom is 0.163 e. The molecule has 0 aliphatic rings. The summed E-state index contributed by atoms with van der Waals surface area (Å²) in [5.74, 6) is 0.217. The highest BCUT2D eigenvalue weighted by Crippen LogP contribution is 2.27. The van der Waals surface area contributed by atoms with Crippen LogP contribution in [0.15, 0.2) is 46.9 Å². The summed E-state index contributed by atoms with van der Waals surface area (Å²) in [6.07, 6.45) is 0.919. The third-order valence-electron chi connectivity index (χ3n) is 2.87. The van der Waals surface area contributed by atoms with Crippen LogP contribution in [0.1, 0.15) is 23.2 Å². The van der Waals surface area contributed by atoms with E-state index in [4.69, 9.17) is 16.3 Å². The average molecular weight is 372 g/mol. The van der Waals surface area contributed by atoms with Gasteiger partial charge in [0.2, 0.25) is 0 Å². The van der Waals surface area contributed by atoms with Crippen LogP contribution in [0.4, 0.5) is 4.39 Å². The predicted molar refractivity (Wildman–Crippen MR) is 84.6 cm³/mol. The Hall–Kier alpha value is -1.39. The number of ether oxygens (including phenoxy) is 1. The van der Waals surface area contributed by atoms with Gasteiger partial charge in [0.25, 0.3) is 0 Å². The zero-order chi connectivity index (χ0) is 15.2. The Bertz CT molecular complexity index is 629. The van der Waals surface area contributed by atoms with Gasteiger partial charge in [0, 0.05) is 16.5 Å². The largest absolute Gasteiger partial charge is 0.492 e. The molecule has 0 N–H and O–H groups in total. The van der Waals surface area contributed by atoms with Crippen LogP contribution in [0, 0.1) is 5.82 Å². The van der Waals surface area contributed by atoms with E-state index in [0.29, 0.717) is 35.8 Å². The summed E-state index contributed by atoms with van der Waals surface area (Å²) in [5, 5.41) is 0.522. The lowest BCUT2D eigenvalue weighted by Gasteiger charge is -2.08. The summed E-state index contributed by atoms with van der Waals surface area (Å²) in [6, 6.07) is 10.9. The molecule has 0 fully saturated rings. The first-order valence-corrected chi connectivity index (χ1v) is 7.60. The van der Waals surface area contributed by atoms with Crippen LogP contribution < -0.4 is 4.74 Å². The van der Waals surface area contributed by atoms with Crippen molar-refractivity contribution >= 4 is 33.3 Å². The Morgan fingerprint density at radius 1 is 1.19 bits per heavy atom. The molecule has 0 spiro atoms. The van der Waals surface area contributed by atoms with E-state index in [9.17, 15) is 9.18 Å². The second-order valence-electron chi connectivity index (χ2n) is 4.46. The minimum Gasteiger partial charge on any atom is -0.492 e. The first kappa shape index (κ1) is 16.0. The molecule has 0 bridgehead atoms. The van der Waals surface area contributed by atoms with Crippen molar-refractivity contribution in [3.63, 3.8) is 0 Å². The zero-order valence-corrected chi connectivity index (χ0v) is 13.5. The lowest BCUT2D eigenvalue weighted by Crippen LogP contribution is -2.04. The third-order valence-corrected chi connectivity index (χ3v) is 3.65. The van der Waals surface area contributed by atoms with Gasteiger partial charge in [-0.3, -0.25) is 4.79 Å². The van der Waals surface area contributed by atoms with E-state index >= 15 is 0 Å². The molecule has 0 amide bonds. The zero-order valence-electron chi connectivity index (χ0n) is 11.1. The van der Waals surface area contributed by atoms with Crippen molar-refractivity contribution in [2.24, 2.45) is 0 Å². The monoisotopic (exact) mass is 370 g/mol. The van der Waals surface area contributed by atoms with Crippen LogP contribution in [0.2, 0.25) is 5.02 Å². The van der Waals surface area contributed by atoms with Crippen LogP contribution >= 0.6 is 27.5 Å². The first-order valence-electron chi connectivity index (χ1n) is 6.43. The molecule has 0 heterocycles. The normalized spacial score (nSPS) is 10.4. The van der Waals surface area contributed by atoms with Crippen molar-refractivity contribution < 1.29 is 13.9 Å². The molecular weight excluding hydrogens is 359 g/mol. The summed E-state index contributed by atoms with van der Waals surface area (Å²) in [5.41, 5.74) is 0.512. The topological polar surface area (TPSA) is 26.3 Å². The number of Topliss-reactive ketones (excluding diaryl/α,β-unsaturated/α-hetero) is 1. The number of ketones is 1. The number of hydrogen-bond acceptors (Lipinski definition) is 2. The van der Waals surface area contributed by atoms with Crippen molar-refractivity contribution in [1.82, 2.24) is 0 Å². The van der Waals surface area contributed by atoms with E-state index < -0.39 is 0 Å². The van der Waals surface area contributed by atoms with E-state index in [1.165, 1.54) is 24.3 Å². The Kier molecular flexibility index (Phi) is 5.76. The van der Waals surface area contributed by atoms with Crippen molar-refractivity contribution in [3.05, 3.63) is 63.3 Å². The van der Waals surface area contributed by atoms with Gasteiger partial charge < -0.3 is 4.74 Å². The van der Waals surface area contributed by atoms with E-state index in [1.807, 2.05) is 6.07 Å².